The number of carboxylic acid groups (broad SMARTS) is 1. The summed E-state index contributed by atoms with van der Waals surface area (Å²) in [6.45, 7) is 5.03. The van der Waals surface area contributed by atoms with E-state index in [0.717, 1.165) is 0 Å². The average Bonchev–Trinajstić information content (AvgIpc) is 2.41. The van der Waals surface area contributed by atoms with Gasteiger partial charge in [-0.15, -0.1) is 11.3 Å². The molecule has 0 amide bonds. The highest BCUT2D eigenvalue weighted by Gasteiger charge is 2.28. The van der Waals surface area contributed by atoms with Crippen molar-refractivity contribution in [2.24, 2.45) is 0 Å². The molecule has 6 heteroatoms. The first-order chi connectivity index (χ1) is 7.31. The fourth-order valence-electron chi connectivity index (χ4n) is 1.66. The standard InChI is InChI=1S/C10H14O4S2/c1-4-5-16(13,14)9-7(3)15-6(2)8(9)10(11)12/h4-5H2,1-3H3,(H,11,12). The third-order valence-electron chi connectivity index (χ3n) is 2.20. The number of hydrogen-bond donors (Lipinski definition) is 1. The highest BCUT2D eigenvalue weighted by molar-refractivity contribution is 7.91. The number of aromatic carboxylic acids is 1. The summed E-state index contributed by atoms with van der Waals surface area (Å²) in [6, 6.07) is 0. The molecular weight excluding hydrogens is 248 g/mol. The second-order valence-corrected chi connectivity index (χ2v) is 7.02. The van der Waals surface area contributed by atoms with Gasteiger partial charge in [-0.3, -0.25) is 0 Å². The van der Waals surface area contributed by atoms with Crippen molar-refractivity contribution < 1.29 is 18.3 Å². The molecule has 0 unspecified atom stereocenters. The molecule has 1 N–H and O–H groups in total. The topological polar surface area (TPSA) is 71.4 Å². The van der Waals surface area contributed by atoms with Crippen molar-refractivity contribution in [1.29, 1.82) is 0 Å². The fraction of sp³-hybridized carbons (Fsp3) is 0.500. The molecule has 0 aliphatic rings. The number of thiophene rings is 1. The minimum absolute atomic E-state index is 0.00403. The van der Waals surface area contributed by atoms with E-state index in [1.807, 2.05) is 0 Å². The fourth-order valence-corrected chi connectivity index (χ4v) is 4.90. The van der Waals surface area contributed by atoms with Crippen LogP contribution < -0.4 is 0 Å². The summed E-state index contributed by atoms with van der Waals surface area (Å²) in [4.78, 5) is 12.2. The van der Waals surface area contributed by atoms with Gasteiger partial charge in [-0.05, 0) is 20.3 Å². The van der Waals surface area contributed by atoms with Gasteiger partial charge in [-0.2, -0.15) is 0 Å². The molecule has 0 atom stereocenters. The summed E-state index contributed by atoms with van der Waals surface area (Å²) in [5.41, 5.74) is -0.0593. The Bertz CT molecular complexity index is 511. The maximum absolute atomic E-state index is 11.9. The van der Waals surface area contributed by atoms with Gasteiger partial charge in [0.05, 0.1) is 16.2 Å². The third kappa shape index (κ3) is 2.27. The molecule has 90 valence electrons. The molecule has 1 rings (SSSR count). The van der Waals surface area contributed by atoms with Gasteiger partial charge in [0.1, 0.15) is 0 Å². The number of carboxylic acids is 1. The van der Waals surface area contributed by atoms with Gasteiger partial charge >= 0.3 is 5.97 Å². The second kappa shape index (κ2) is 4.55. The summed E-state index contributed by atoms with van der Waals surface area (Å²) in [5, 5.41) is 9.03. The van der Waals surface area contributed by atoms with Crippen LogP contribution >= 0.6 is 11.3 Å². The number of carbonyl (C=O) groups is 1. The first-order valence-electron chi connectivity index (χ1n) is 4.87. The average molecular weight is 262 g/mol. The minimum atomic E-state index is -3.47. The molecule has 0 aromatic carbocycles. The van der Waals surface area contributed by atoms with Gasteiger partial charge in [0.2, 0.25) is 0 Å². The Balaban J connectivity index is 3.50. The van der Waals surface area contributed by atoms with Crippen LogP contribution in [0.2, 0.25) is 0 Å². The van der Waals surface area contributed by atoms with E-state index in [9.17, 15) is 13.2 Å². The molecular formula is C10H14O4S2. The predicted molar refractivity (Wildman–Crippen MR) is 63.1 cm³/mol. The highest BCUT2D eigenvalue weighted by Crippen LogP contribution is 2.32. The number of hydrogen-bond acceptors (Lipinski definition) is 4. The first-order valence-corrected chi connectivity index (χ1v) is 7.34. The van der Waals surface area contributed by atoms with E-state index in [2.05, 4.69) is 0 Å². The maximum Gasteiger partial charge on any atom is 0.338 e. The number of sulfone groups is 1. The van der Waals surface area contributed by atoms with Gasteiger partial charge < -0.3 is 5.11 Å². The molecule has 4 nitrogen and oxygen atoms in total. The molecule has 16 heavy (non-hydrogen) atoms. The van der Waals surface area contributed by atoms with E-state index in [-0.39, 0.29) is 16.2 Å². The van der Waals surface area contributed by atoms with Crippen molar-refractivity contribution >= 4 is 27.1 Å². The van der Waals surface area contributed by atoms with E-state index in [1.54, 1.807) is 20.8 Å². The van der Waals surface area contributed by atoms with Crippen LogP contribution in [0.1, 0.15) is 33.5 Å². The molecule has 0 radical (unpaired) electrons. The third-order valence-corrected chi connectivity index (χ3v) is 5.43. The van der Waals surface area contributed by atoms with E-state index in [0.29, 0.717) is 16.2 Å². The minimum Gasteiger partial charge on any atom is -0.478 e. The summed E-state index contributed by atoms with van der Waals surface area (Å²) < 4.78 is 23.9. The first kappa shape index (κ1) is 13.2. The van der Waals surface area contributed by atoms with Crippen LogP contribution in [0.3, 0.4) is 0 Å². The lowest BCUT2D eigenvalue weighted by Crippen LogP contribution is -2.11. The molecule has 0 aliphatic carbocycles. The zero-order valence-corrected chi connectivity index (χ0v) is 11.0. The predicted octanol–water partition coefficient (Wildman–Crippen LogP) is 2.25. The van der Waals surface area contributed by atoms with Crippen LogP contribution in [0.25, 0.3) is 0 Å². The van der Waals surface area contributed by atoms with Crippen LogP contribution in [0.15, 0.2) is 4.90 Å². The quantitative estimate of drug-likeness (QED) is 0.903. The Morgan fingerprint density at radius 1 is 1.31 bits per heavy atom. The smallest absolute Gasteiger partial charge is 0.338 e. The van der Waals surface area contributed by atoms with Crippen molar-refractivity contribution in [2.75, 3.05) is 5.75 Å². The molecule has 1 aromatic rings. The largest absolute Gasteiger partial charge is 0.478 e. The normalized spacial score (nSPS) is 11.7. The Hall–Kier alpha value is -0.880. The number of aryl methyl sites for hydroxylation is 2. The van der Waals surface area contributed by atoms with Crippen LogP contribution in [-0.2, 0) is 9.84 Å². The van der Waals surface area contributed by atoms with Crippen molar-refractivity contribution in [3.63, 3.8) is 0 Å². The number of rotatable bonds is 4. The lowest BCUT2D eigenvalue weighted by atomic mass is 10.2. The van der Waals surface area contributed by atoms with Crippen molar-refractivity contribution in [2.45, 2.75) is 32.1 Å². The van der Waals surface area contributed by atoms with Crippen molar-refractivity contribution in [3.8, 4) is 0 Å². The molecule has 0 fully saturated rings. The maximum atomic E-state index is 11.9. The zero-order chi connectivity index (χ0) is 12.5. The summed E-state index contributed by atoms with van der Waals surface area (Å²) in [7, 11) is -3.47. The zero-order valence-electron chi connectivity index (χ0n) is 9.40. The lowest BCUT2D eigenvalue weighted by molar-refractivity contribution is 0.0692. The SMILES string of the molecule is CCCS(=O)(=O)c1c(C)sc(C)c1C(=O)O. The van der Waals surface area contributed by atoms with Crippen molar-refractivity contribution in [1.82, 2.24) is 0 Å². The van der Waals surface area contributed by atoms with Crippen LogP contribution in [0.5, 0.6) is 0 Å². The molecule has 0 saturated carbocycles. The van der Waals surface area contributed by atoms with E-state index < -0.39 is 15.8 Å². The van der Waals surface area contributed by atoms with Gasteiger partial charge in [-0.25, -0.2) is 13.2 Å². The van der Waals surface area contributed by atoms with Gasteiger partial charge in [0, 0.05) is 9.75 Å². The molecule has 1 heterocycles. The van der Waals surface area contributed by atoms with Gasteiger partial charge in [0.15, 0.2) is 9.84 Å². The molecule has 0 spiro atoms. The van der Waals surface area contributed by atoms with E-state index in [1.165, 1.54) is 11.3 Å². The van der Waals surface area contributed by atoms with Gasteiger partial charge in [-0.1, -0.05) is 6.92 Å². The molecule has 1 aromatic heterocycles. The highest BCUT2D eigenvalue weighted by atomic mass is 32.2. The lowest BCUT2D eigenvalue weighted by Gasteiger charge is -2.04. The molecule has 0 bridgehead atoms. The van der Waals surface area contributed by atoms with Crippen LogP contribution in [-0.4, -0.2) is 25.2 Å². The summed E-state index contributed by atoms with van der Waals surface area (Å²) in [6.07, 6.45) is 0.482. The van der Waals surface area contributed by atoms with Crippen LogP contribution in [0, 0.1) is 13.8 Å². The van der Waals surface area contributed by atoms with Crippen LogP contribution in [0.4, 0.5) is 0 Å². The van der Waals surface area contributed by atoms with E-state index in [4.69, 9.17) is 5.11 Å². The van der Waals surface area contributed by atoms with Crippen molar-refractivity contribution in [3.05, 3.63) is 15.3 Å². The molecule has 0 saturated heterocycles. The monoisotopic (exact) mass is 262 g/mol. The summed E-state index contributed by atoms with van der Waals surface area (Å²) >= 11 is 1.22. The Morgan fingerprint density at radius 3 is 2.31 bits per heavy atom. The van der Waals surface area contributed by atoms with E-state index >= 15 is 0 Å². The Kier molecular flexibility index (Phi) is 3.75. The second-order valence-electron chi connectivity index (χ2n) is 3.54. The molecule has 0 aliphatic heterocycles. The van der Waals surface area contributed by atoms with Gasteiger partial charge in [0.25, 0.3) is 0 Å². The Labute approximate surface area is 98.8 Å². The Morgan fingerprint density at radius 2 is 1.88 bits per heavy atom. The summed E-state index contributed by atoms with van der Waals surface area (Å²) in [5.74, 6) is -1.18.